The third-order valence-electron chi connectivity index (χ3n) is 6.18. The van der Waals surface area contributed by atoms with E-state index < -0.39 is 0 Å². The number of amides is 1. The van der Waals surface area contributed by atoms with E-state index >= 15 is 0 Å². The first kappa shape index (κ1) is 19.7. The third kappa shape index (κ3) is 4.30. The van der Waals surface area contributed by atoms with Crippen LogP contribution in [-0.4, -0.2) is 40.4 Å². The van der Waals surface area contributed by atoms with E-state index in [1.54, 1.807) is 6.20 Å². The zero-order valence-corrected chi connectivity index (χ0v) is 17.6. The molecule has 1 amide bonds. The van der Waals surface area contributed by atoms with Gasteiger partial charge in [-0.25, -0.2) is 4.98 Å². The van der Waals surface area contributed by atoms with Crippen molar-refractivity contribution >= 4 is 23.1 Å². The Morgan fingerprint density at radius 2 is 1.90 bits per heavy atom. The van der Waals surface area contributed by atoms with E-state index in [2.05, 4.69) is 39.5 Å². The second-order valence-electron chi connectivity index (χ2n) is 8.22. The highest BCUT2D eigenvalue weighted by atomic mass is 16.2. The van der Waals surface area contributed by atoms with Gasteiger partial charge >= 0.3 is 0 Å². The monoisotopic (exact) mass is 413 g/mol. The van der Waals surface area contributed by atoms with Gasteiger partial charge in [0.15, 0.2) is 0 Å². The van der Waals surface area contributed by atoms with Crippen LogP contribution >= 0.6 is 0 Å². The molecule has 6 heteroatoms. The number of pyridine rings is 2. The SMILES string of the molecule is O=C(CN1CCC[C@H]1c1ccc(Nc2ccccn2)cn1)N1CCCc2ccccc21. The molecule has 1 aromatic carbocycles. The molecule has 0 radical (unpaired) electrons. The van der Waals surface area contributed by atoms with E-state index in [0.29, 0.717) is 6.54 Å². The topological polar surface area (TPSA) is 61.4 Å². The predicted molar refractivity (Wildman–Crippen MR) is 122 cm³/mol. The van der Waals surface area contributed by atoms with Gasteiger partial charge in [-0.2, -0.15) is 0 Å². The summed E-state index contributed by atoms with van der Waals surface area (Å²) in [4.78, 5) is 26.5. The summed E-state index contributed by atoms with van der Waals surface area (Å²) in [5, 5.41) is 3.27. The first-order chi connectivity index (χ1) is 15.3. The maximum Gasteiger partial charge on any atom is 0.241 e. The fourth-order valence-electron chi connectivity index (χ4n) is 4.66. The molecule has 6 nitrogen and oxygen atoms in total. The number of aromatic nitrogens is 2. The van der Waals surface area contributed by atoms with E-state index in [1.807, 2.05) is 41.4 Å². The number of hydrogen-bond donors (Lipinski definition) is 1. The highest BCUT2D eigenvalue weighted by molar-refractivity contribution is 5.96. The van der Waals surface area contributed by atoms with E-state index in [-0.39, 0.29) is 11.9 Å². The molecule has 158 valence electrons. The fourth-order valence-corrected chi connectivity index (χ4v) is 4.66. The van der Waals surface area contributed by atoms with Gasteiger partial charge in [-0.05, 0) is 68.1 Å². The van der Waals surface area contributed by atoms with Crippen molar-refractivity contribution in [3.05, 3.63) is 78.2 Å². The Kier molecular flexibility index (Phi) is 5.63. The summed E-state index contributed by atoms with van der Waals surface area (Å²) in [5.74, 6) is 0.986. The van der Waals surface area contributed by atoms with Crippen LogP contribution in [0.25, 0.3) is 0 Å². The molecule has 2 aliphatic heterocycles. The highest BCUT2D eigenvalue weighted by Crippen LogP contribution is 2.32. The number of carbonyl (C=O) groups is 1. The largest absolute Gasteiger partial charge is 0.339 e. The van der Waals surface area contributed by atoms with Crippen molar-refractivity contribution in [2.45, 2.75) is 31.7 Å². The molecule has 5 rings (SSSR count). The van der Waals surface area contributed by atoms with Crippen LogP contribution in [0.4, 0.5) is 17.2 Å². The zero-order valence-electron chi connectivity index (χ0n) is 17.6. The van der Waals surface area contributed by atoms with E-state index in [9.17, 15) is 4.79 Å². The van der Waals surface area contributed by atoms with Gasteiger partial charge in [0.05, 0.1) is 30.2 Å². The number of hydrogen-bond acceptors (Lipinski definition) is 5. The maximum atomic E-state index is 13.2. The molecule has 0 spiro atoms. The smallest absolute Gasteiger partial charge is 0.241 e. The van der Waals surface area contributed by atoms with Crippen molar-refractivity contribution < 1.29 is 4.79 Å². The number of fused-ring (bicyclic) bond motifs is 1. The molecule has 1 saturated heterocycles. The summed E-state index contributed by atoms with van der Waals surface area (Å²) in [5.41, 5.74) is 4.29. The van der Waals surface area contributed by atoms with Crippen LogP contribution in [0, 0.1) is 0 Å². The normalized spacial score (nSPS) is 18.6. The Hall–Kier alpha value is -3.25. The number of aryl methyl sites for hydroxylation is 1. The summed E-state index contributed by atoms with van der Waals surface area (Å²) >= 11 is 0. The first-order valence-electron chi connectivity index (χ1n) is 11.0. The summed E-state index contributed by atoms with van der Waals surface area (Å²) in [6.07, 6.45) is 7.81. The Morgan fingerprint density at radius 1 is 1.00 bits per heavy atom. The van der Waals surface area contributed by atoms with E-state index in [4.69, 9.17) is 4.98 Å². The number of carbonyl (C=O) groups excluding carboxylic acids is 1. The van der Waals surface area contributed by atoms with E-state index in [0.717, 1.165) is 61.7 Å². The minimum absolute atomic E-state index is 0.187. The minimum atomic E-state index is 0.187. The molecule has 31 heavy (non-hydrogen) atoms. The Bertz CT molecular complexity index is 1040. The Morgan fingerprint density at radius 3 is 2.74 bits per heavy atom. The lowest BCUT2D eigenvalue weighted by Crippen LogP contribution is -2.42. The highest BCUT2D eigenvalue weighted by Gasteiger charge is 2.31. The van der Waals surface area contributed by atoms with Gasteiger partial charge in [-0.15, -0.1) is 0 Å². The standard InChI is InChI=1S/C25H27N5O/c31-25(30-16-5-8-19-7-1-2-9-22(19)30)18-29-15-6-10-23(29)21-13-12-20(17-27-21)28-24-11-3-4-14-26-24/h1-4,7,9,11-14,17,23H,5-6,8,10,15-16,18H2,(H,26,28)/t23-/m0/s1. The molecule has 1 atom stereocenters. The molecule has 3 aromatic rings. The van der Waals surface area contributed by atoms with Gasteiger partial charge in [-0.1, -0.05) is 24.3 Å². The summed E-state index contributed by atoms with van der Waals surface area (Å²) in [6, 6.07) is 18.3. The lowest BCUT2D eigenvalue weighted by molar-refractivity contribution is -0.120. The molecule has 0 bridgehead atoms. The number of nitrogens with zero attached hydrogens (tertiary/aromatic N) is 4. The molecule has 1 fully saturated rings. The fraction of sp³-hybridized carbons (Fsp3) is 0.320. The maximum absolute atomic E-state index is 13.2. The van der Waals surface area contributed by atoms with Crippen molar-refractivity contribution in [3.63, 3.8) is 0 Å². The predicted octanol–water partition coefficient (Wildman–Crippen LogP) is 4.34. The van der Waals surface area contributed by atoms with Gasteiger partial charge in [0.1, 0.15) is 5.82 Å². The Labute approximate surface area is 182 Å². The van der Waals surface area contributed by atoms with Gasteiger partial charge in [0.2, 0.25) is 5.91 Å². The van der Waals surface area contributed by atoms with Gasteiger partial charge in [0.25, 0.3) is 0 Å². The number of likely N-dealkylation sites (tertiary alicyclic amines) is 1. The average molecular weight is 414 g/mol. The lowest BCUT2D eigenvalue weighted by Gasteiger charge is -2.32. The third-order valence-corrected chi connectivity index (χ3v) is 6.18. The van der Waals surface area contributed by atoms with Crippen LogP contribution in [-0.2, 0) is 11.2 Å². The number of nitrogens with one attached hydrogen (secondary N) is 1. The number of para-hydroxylation sites is 1. The van der Waals surface area contributed by atoms with Crippen molar-refractivity contribution in [2.24, 2.45) is 0 Å². The van der Waals surface area contributed by atoms with Crippen LogP contribution in [0.2, 0.25) is 0 Å². The van der Waals surface area contributed by atoms with Crippen molar-refractivity contribution in [1.29, 1.82) is 0 Å². The van der Waals surface area contributed by atoms with Gasteiger partial charge in [0, 0.05) is 18.4 Å². The second-order valence-corrected chi connectivity index (χ2v) is 8.22. The Balaban J connectivity index is 1.26. The zero-order chi connectivity index (χ0) is 21.0. The van der Waals surface area contributed by atoms with Crippen LogP contribution in [0.5, 0.6) is 0 Å². The summed E-state index contributed by atoms with van der Waals surface area (Å²) in [7, 11) is 0. The molecular weight excluding hydrogens is 386 g/mol. The quantitative estimate of drug-likeness (QED) is 0.674. The molecule has 2 aromatic heterocycles. The molecule has 1 N–H and O–H groups in total. The summed E-state index contributed by atoms with van der Waals surface area (Å²) < 4.78 is 0. The number of benzene rings is 1. The molecule has 0 aliphatic carbocycles. The molecule has 0 saturated carbocycles. The second kappa shape index (κ2) is 8.86. The van der Waals surface area contributed by atoms with Crippen LogP contribution in [0.15, 0.2) is 67.0 Å². The summed E-state index contributed by atoms with van der Waals surface area (Å²) in [6.45, 7) is 2.18. The van der Waals surface area contributed by atoms with Gasteiger partial charge < -0.3 is 10.2 Å². The van der Waals surface area contributed by atoms with Crippen LogP contribution < -0.4 is 10.2 Å². The first-order valence-corrected chi connectivity index (χ1v) is 11.0. The molecule has 4 heterocycles. The molecule has 2 aliphatic rings. The lowest BCUT2D eigenvalue weighted by atomic mass is 10.0. The van der Waals surface area contributed by atoms with Crippen molar-refractivity contribution in [2.75, 3.05) is 29.9 Å². The minimum Gasteiger partial charge on any atom is -0.339 e. The van der Waals surface area contributed by atoms with Crippen LogP contribution in [0.1, 0.15) is 36.6 Å². The average Bonchev–Trinajstić information content (AvgIpc) is 3.28. The molecule has 0 unspecified atom stereocenters. The van der Waals surface area contributed by atoms with Crippen molar-refractivity contribution in [3.8, 4) is 0 Å². The molecular formula is C25H27N5O. The van der Waals surface area contributed by atoms with Crippen LogP contribution in [0.3, 0.4) is 0 Å². The van der Waals surface area contributed by atoms with E-state index in [1.165, 1.54) is 5.56 Å². The number of anilines is 3. The van der Waals surface area contributed by atoms with Gasteiger partial charge in [-0.3, -0.25) is 14.7 Å². The number of rotatable bonds is 5. The van der Waals surface area contributed by atoms with Crippen molar-refractivity contribution in [1.82, 2.24) is 14.9 Å².